The monoisotopic (exact) mass is 325 g/mol. The van der Waals surface area contributed by atoms with Crippen LogP contribution in [0.2, 0.25) is 0 Å². The number of carbonyl (C=O) groups is 1. The van der Waals surface area contributed by atoms with Gasteiger partial charge in [0.1, 0.15) is 0 Å². The average Bonchev–Trinajstić information content (AvgIpc) is 2.71. The quantitative estimate of drug-likeness (QED) is 0.923. The molecule has 0 bridgehead atoms. The highest BCUT2D eigenvalue weighted by Gasteiger charge is 2.29. The Labute approximate surface area is 141 Å². The number of carbonyl (C=O) groups excluding carboxylic acids is 1. The molecule has 0 fully saturated rings. The zero-order valence-electron chi connectivity index (χ0n) is 14.4. The molecule has 0 unspecified atom stereocenters. The van der Waals surface area contributed by atoms with Gasteiger partial charge in [-0.3, -0.25) is 9.59 Å². The molecule has 3 rings (SSSR count). The van der Waals surface area contributed by atoms with Crippen molar-refractivity contribution in [1.29, 1.82) is 0 Å². The van der Waals surface area contributed by atoms with Gasteiger partial charge in [0.05, 0.1) is 5.56 Å². The van der Waals surface area contributed by atoms with Crippen LogP contribution in [0.4, 0.5) is 5.69 Å². The zero-order chi connectivity index (χ0) is 17.3. The van der Waals surface area contributed by atoms with Crippen LogP contribution in [-0.2, 0) is 6.54 Å². The average molecular weight is 325 g/mol. The minimum atomic E-state index is -0.183. The summed E-state index contributed by atoms with van der Waals surface area (Å²) >= 11 is 0. The number of aryl methyl sites for hydroxylation is 1. The van der Waals surface area contributed by atoms with Crippen molar-refractivity contribution in [3.8, 4) is 0 Å². The van der Waals surface area contributed by atoms with Gasteiger partial charge in [0, 0.05) is 44.1 Å². The summed E-state index contributed by atoms with van der Waals surface area (Å²) in [6, 6.07) is 9.81. The van der Waals surface area contributed by atoms with Gasteiger partial charge >= 0.3 is 0 Å². The minimum Gasteiger partial charge on any atom is -0.372 e. The normalized spacial score (nSPS) is 17.4. The number of H-pyrrole nitrogens is 1. The molecule has 1 aliphatic heterocycles. The van der Waals surface area contributed by atoms with E-state index in [0.29, 0.717) is 17.7 Å². The maximum absolute atomic E-state index is 13.2. The first-order valence-corrected chi connectivity index (χ1v) is 8.30. The highest BCUT2D eigenvalue weighted by Crippen LogP contribution is 2.28. The van der Waals surface area contributed by atoms with Crippen LogP contribution in [0.25, 0.3) is 0 Å². The van der Waals surface area contributed by atoms with E-state index in [4.69, 9.17) is 0 Å². The van der Waals surface area contributed by atoms with E-state index < -0.39 is 0 Å². The smallest absolute Gasteiger partial charge is 0.256 e. The maximum Gasteiger partial charge on any atom is 0.256 e. The van der Waals surface area contributed by atoms with Crippen molar-refractivity contribution in [3.63, 3.8) is 0 Å². The van der Waals surface area contributed by atoms with Gasteiger partial charge in [0.2, 0.25) is 5.56 Å². The van der Waals surface area contributed by atoms with Crippen molar-refractivity contribution >= 4 is 11.6 Å². The standard InChI is InChI=1S/C19H23N3O2/c1-4-15-12-21(3)17-8-6-5-7-14(17)11-22(15)19(24)16-10-20-18(23)9-13(16)2/h5-10,15H,4,11-12H2,1-3H3,(H,20,23)/t15-/m1/s1. The highest BCUT2D eigenvalue weighted by atomic mass is 16.2. The van der Waals surface area contributed by atoms with Gasteiger partial charge in [-0.25, -0.2) is 0 Å². The molecule has 0 saturated carbocycles. The summed E-state index contributed by atoms with van der Waals surface area (Å²) in [4.78, 5) is 31.4. The van der Waals surface area contributed by atoms with E-state index in [1.54, 1.807) is 6.92 Å². The summed E-state index contributed by atoms with van der Waals surface area (Å²) in [5.41, 5.74) is 3.41. The van der Waals surface area contributed by atoms with Crippen LogP contribution in [0, 0.1) is 6.92 Å². The van der Waals surface area contributed by atoms with Gasteiger partial charge < -0.3 is 14.8 Å². The van der Waals surface area contributed by atoms with E-state index in [0.717, 1.165) is 18.5 Å². The lowest BCUT2D eigenvalue weighted by Gasteiger charge is -2.31. The highest BCUT2D eigenvalue weighted by molar-refractivity contribution is 5.95. The molecule has 1 amide bonds. The predicted octanol–water partition coefficient (Wildman–Crippen LogP) is 2.55. The maximum atomic E-state index is 13.2. The molecule has 1 atom stereocenters. The van der Waals surface area contributed by atoms with Crippen LogP contribution in [0.15, 0.2) is 41.3 Å². The Morgan fingerprint density at radius 1 is 1.33 bits per heavy atom. The Balaban J connectivity index is 2.01. The fourth-order valence-corrected chi connectivity index (χ4v) is 3.39. The van der Waals surface area contributed by atoms with Gasteiger partial charge in [-0.2, -0.15) is 0 Å². The number of hydrogen-bond acceptors (Lipinski definition) is 3. The fourth-order valence-electron chi connectivity index (χ4n) is 3.39. The molecular weight excluding hydrogens is 302 g/mol. The molecule has 5 nitrogen and oxygen atoms in total. The summed E-state index contributed by atoms with van der Waals surface area (Å²) in [6.07, 6.45) is 2.42. The Hall–Kier alpha value is -2.56. The van der Waals surface area contributed by atoms with Gasteiger partial charge in [-0.15, -0.1) is 0 Å². The summed E-state index contributed by atoms with van der Waals surface area (Å²) in [7, 11) is 2.07. The van der Waals surface area contributed by atoms with Crippen molar-refractivity contribution in [3.05, 3.63) is 63.6 Å². The molecule has 126 valence electrons. The summed E-state index contributed by atoms with van der Waals surface area (Å²) in [6.45, 7) is 5.29. The molecule has 0 radical (unpaired) electrons. The van der Waals surface area contributed by atoms with Crippen molar-refractivity contribution in [2.45, 2.75) is 32.9 Å². The van der Waals surface area contributed by atoms with E-state index in [2.05, 4.69) is 36.0 Å². The molecule has 2 heterocycles. The number of pyridine rings is 1. The van der Waals surface area contributed by atoms with Gasteiger partial charge in [0.25, 0.3) is 5.91 Å². The Morgan fingerprint density at radius 2 is 2.08 bits per heavy atom. The minimum absolute atomic E-state index is 0.0271. The van der Waals surface area contributed by atoms with E-state index in [1.165, 1.54) is 18.0 Å². The third-order valence-corrected chi connectivity index (χ3v) is 4.76. The SMILES string of the molecule is CC[C@@H]1CN(C)c2ccccc2CN1C(=O)c1c[nH]c(=O)cc1C. The molecule has 2 aromatic rings. The number of likely N-dealkylation sites (N-methyl/N-ethyl adjacent to an activating group) is 1. The predicted molar refractivity (Wildman–Crippen MR) is 95.5 cm³/mol. The molecule has 1 aromatic carbocycles. The van der Waals surface area contributed by atoms with Crippen molar-refractivity contribution < 1.29 is 4.79 Å². The van der Waals surface area contributed by atoms with Gasteiger partial charge in [-0.1, -0.05) is 25.1 Å². The lowest BCUT2D eigenvalue weighted by molar-refractivity contribution is 0.0666. The number of nitrogens with one attached hydrogen (secondary N) is 1. The summed E-state index contributed by atoms with van der Waals surface area (Å²) in [5.74, 6) is -0.0271. The molecule has 0 saturated heterocycles. The Kier molecular flexibility index (Phi) is 4.42. The summed E-state index contributed by atoms with van der Waals surface area (Å²) in [5, 5.41) is 0. The van der Waals surface area contributed by atoms with Crippen LogP contribution >= 0.6 is 0 Å². The third kappa shape index (κ3) is 2.94. The Morgan fingerprint density at radius 3 is 2.79 bits per heavy atom. The van der Waals surface area contributed by atoms with Gasteiger partial charge in [-0.05, 0) is 30.5 Å². The second-order valence-corrected chi connectivity index (χ2v) is 6.40. The van der Waals surface area contributed by atoms with Crippen molar-refractivity contribution in [1.82, 2.24) is 9.88 Å². The fraction of sp³-hybridized carbons (Fsp3) is 0.368. The largest absolute Gasteiger partial charge is 0.372 e. The third-order valence-electron chi connectivity index (χ3n) is 4.76. The van der Waals surface area contributed by atoms with Crippen LogP contribution < -0.4 is 10.5 Å². The van der Waals surface area contributed by atoms with Gasteiger partial charge in [0.15, 0.2) is 0 Å². The molecule has 24 heavy (non-hydrogen) atoms. The van der Waals surface area contributed by atoms with E-state index in [1.807, 2.05) is 17.0 Å². The number of nitrogens with zero attached hydrogens (tertiary/aromatic N) is 2. The first-order chi connectivity index (χ1) is 11.5. The molecule has 1 aromatic heterocycles. The number of para-hydroxylation sites is 1. The molecule has 5 heteroatoms. The number of rotatable bonds is 2. The second-order valence-electron chi connectivity index (χ2n) is 6.40. The van der Waals surface area contributed by atoms with E-state index in [-0.39, 0.29) is 17.5 Å². The van der Waals surface area contributed by atoms with Crippen molar-refractivity contribution in [2.24, 2.45) is 0 Å². The number of aromatic amines is 1. The second kappa shape index (κ2) is 6.51. The van der Waals surface area contributed by atoms with Crippen molar-refractivity contribution in [2.75, 3.05) is 18.5 Å². The van der Waals surface area contributed by atoms with Crippen LogP contribution in [0.1, 0.15) is 34.8 Å². The number of aromatic nitrogens is 1. The molecule has 0 spiro atoms. The molecule has 1 aliphatic rings. The van der Waals surface area contributed by atoms with Crippen LogP contribution in [0.5, 0.6) is 0 Å². The topological polar surface area (TPSA) is 56.4 Å². The Bertz CT molecular complexity index is 812. The number of benzene rings is 1. The number of anilines is 1. The van der Waals surface area contributed by atoms with E-state index in [9.17, 15) is 9.59 Å². The lowest BCUT2D eigenvalue weighted by Crippen LogP contribution is -2.43. The molecule has 0 aliphatic carbocycles. The zero-order valence-corrected chi connectivity index (χ0v) is 14.4. The number of hydrogen-bond donors (Lipinski definition) is 1. The van der Waals surface area contributed by atoms with Crippen LogP contribution in [0.3, 0.4) is 0 Å². The first-order valence-electron chi connectivity index (χ1n) is 8.30. The first kappa shape index (κ1) is 16.3. The lowest BCUT2D eigenvalue weighted by atomic mass is 10.1. The molecular formula is C19H23N3O2. The van der Waals surface area contributed by atoms with Crippen LogP contribution in [-0.4, -0.2) is 35.4 Å². The van der Waals surface area contributed by atoms with E-state index >= 15 is 0 Å². The summed E-state index contributed by atoms with van der Waals surface area (Å²) < 4.78 is 0. The number of amides is 1. The number of fused-ring (bicyclic) bond motifs is 1. The molecule has 1 N–H and O–H groups in total.